The topological polar surface area (TPSA) is 68.3 Å². The zero-order valence-corrected chi connectivity index (χ0v) is 20.0. The molecule has 0 unspecified atom stereocenters. The molecule has 0 saturated heterocycles. The molecule has 0 aliphatic rings. The molecule has 0 aliphatic heterocycles. The number of aryl methyl sites for hydroxylation is 2. The van der Waals surface area contributed by atoms with Gasteiger partial charge in [0.1, 0.15) is 0 Å². The summed E-state index contributed by atoms with van der Waals surface area (Å²) in [5.74, 6) is 0. The quantitative estimate of drug-likeness (QED) is 0.365. The summed E-state index contributed by atoms with van der Waals surface area (Å²) < 4.78 is 51.3. The molecule has 0 aromatic heterocycles. The van der Waals surface area contributed by atoms with Gasteiger partial charge in [0.2, 0.25) is 19.7 Å². The minimum atomic E-state index is -3.56. The van der Waals surface area contributed by atoms with E-state index in [-0.39, 0.29) is 19.6 Å². The first kappa shape index (κ1) is 23.0. The third kappa shape index (κ3) is 4.92. The van der Waals surface area contributed by atoms with Crippen molar-refractivity contribution in [1.82, 2.24) is 0 Å². The standard InChI is InChI=1S/C27H24O4S2/c1-20-3-11-24(12-4-20)32(28,29)26-15-7-22(8-16-26)19-23-9-17-27(18-10-23)33(30,31)25-13-5-21(2)6-14-25/h3-18H,19H2,1-2H3. The average molecular weight is 477 g/mol. The van der Waals surface area contributed by atoms with Crippen LogP contribution in [0.1, 0.15) is 22.3 Å². The summed E-state index contributed by atoms with van der Waals surface area (Å²) in [4.78, 5) is 1.03. The Morgan fingerprint density at radius 2 is 0.667 bits per heavy atom. The van der Waals surface area contributed by atoms with E-state index >= 15 is 0 Å². The fourth-order valence-corrected chi connectivity index (χ4v) is 6.04. The van der Waals surface area contributed by atoms with Crippen molar-refractivity contribution >= 4 is 19.7 Å². The molecule has 4 aromatic carbocycles. The molecule has 0 radical (unpaired) electrons. The normalized spacial score (nSPS) is 11.9. The SMILES string of the molecule is Cc1ccc(S(=O)(=O)c2ccc(Cc3ccc(S(=O)(=O)c4ccc(C)cc4)cc3)cc2)cc1. The number of sulfone groups is 2. The highest BCUT2D eigenvalue weighted by atomic mass is 32.2. The van der Waals surface area contributed by atoms with E-state index in [9.17, 15) is 16.8 Å². The van der Waals surface area contributed by atoms with Crippen LogP contribution in [0.25, 0.3) is 0 Å². The van der Waals surface area contributed by atoms with Crippen molar-refractivity contribution in [3.05, 3.63) is 119 Å². The summed E-state index contributed by atoms with van der Waals surface area (Å²) in [6.07, 6.45) is 0.565. The smallest absolute Gasteiger partial charge is 0.206 e. The lowest BCUT2D eigenvalue weighted by Gasteiger charge is -2.08. The molecule has 4 rings (SSSR count). The van der Waals surface area contributed by atoms with Gasteiger partial charge < -0.3 is 0 Å². The molecule has 0 N–H and O–H groups in total. The van der Waals surface area contributed by atoms with E-state index in [1.165, 1.54) is 0 Å². The molecule has 6 heteroatoms. The summed E-state index contributed by atoms with van der Waals surface area (Å²) in [6.45, 7) is 3.82. The molecule has 0 saturated carbocycles. The molecule has 168 valence electrons. The summed E-state index contributed by atoms with van der Waals surface area (Å²) in [5.41, 5.74) is 3.88. The van der Waals surface area contributed by atoms with Gasteiger partial charge in [0, 0.05) is 0 Å². The molecular weight excluding hydrogens is 452 g/mol. The van der Waals surface area contributed by atoms with Crippen molar-refractivity contribution < 1.29 is 16.8 Å². The van der Waals surface area contributed by atoms with Crippen molar-refractivity contribution in [1.29, 1.82) is 0 Å². The molecule has 4 aromatic rings. The second-order valence-electron chi connectivity index (χ2n) is 8.10. The Labute approximate surface area is 195 Å². The minimum absolute atomic E-state index is 0.245. The lowest BCUT2D eigenvalue weighted by atomic mass is 10.1. The summed E-state index contributed by atoms with van der Waals surface area (Å²) >= 11 is 0. The van der Waals surface area contributed by atoms with Gasteiger partial charge in [0.25, 0.3) is 0 Å². The summed E-state index contributed by atoms with van der Waals surface area (Å²) in [5, 5.41) is 0. The average Bonchev–Trinajstić information content (AvgIpc) is 2.80. The molecule has 0 heterocycles. The maximum absolute atomic E-state index is 12.8. The first-order valence-electron chi connectivity index (χ1n) is 10.5. The first-order chi connectivity index (χ1) is 15.7. The molecule has 0 amide bonds. The largest absolute Gasteiger partial charge is 0.219 e. The predicted molar refractivity (Wildman–Crippen MR) is 129 cm³/mol. The Balaban J connectivity index is 1.51. The molecule has 0 aliphatic carbocycles. The molecule has 0 atom stereocenters. The molecule has 0 spiro atoms. The Kier molecular flexibility index (Phi) is 6.23. The summed E-state index contributed by atoms with van der Waals surface area (Å²) in [6, 6.07) is 27.2. The first-order valence-corrected chi connectivity index (χ1v) is 13.4. The lowest BCUT2D eigenvalue weighted by Crippen LogP contribution is -2.03. The van der Waals surface area contributed by atoms with Crippen LogP contribution in [0, 0.1) is 13.8 Å². The van der Waals surface area contributed by atoms with E-state index in [1.807, 2.05) is 13.8 Å². The molecule has 0 fully saturated rings. The van der Waals surface area contributed by atoms with Gasteiger partial charge in [-0.2, -0.15) is 0 Å². The number of benzene rings is 4. The van der Waals surface area contributed by atoms with Gasteiger partial charge in [-0.3, -0.25) is 0 Å². The maximum Gasteiger partial charge on any atom is 0.206 e. The minimum Gasteiger partial charge on any atom is -0.219 e. The Bertz CT molecular complexity index is 1350. The van der Waals surface area contributed by atoms with Gasteiger partial charge in [-0.25, -0.2) is 16.8 Å². The van der Waals surface area contributed by atoms with Crippen molar-refractivity contribution in [2.24, 2.45) is 0 Å². The molecule has 0 bridgehead atoms. The predicted octanol–water partition coefficient (Wildman–Crippen LogP) is 5.56. The van der Waals surface area contributed by atoms with Crippen molar-refractivity contribution in [3.8, 4) is 0 Å². The van der Waals surface area contributed by atoms with E-state index in [0.29, 0.717) is 6.42 Å². The van der Waals surface area contributed by atoms with Crippen LogP contribution in [0.2, 0.25) is 0 Å². The summed E-state index contributed by atoms with van der Waals surface area (Å²) in [7, 11) is -7.13. The van der Waals surface area contributed by atoms with E-state index in [0.717, 1.165) is 22.3 Å². The van der Waals surface area contributed by atoms with Crippen LogP contribution in [0.15, 0.2) is 117 Å². The van der Waals surface area contributed by atoms with Crippen molar-refractivity contribution in [3.63, 3.8) is 0 Å². The Morgan fingerprint density at radius 3 is 0.939 bits per heavy atom. The highest BCUT2D eigenvalue weighted by Gasteiger charge is 2.18. The molecule has 33 heavy (non-hydrogen) atoms. The Hall–Kier alpha value is -3.22. The van der Waals surface area contributed by atoms with Crippen molar-refractivity contribution in [2.75, 3.05) is 0 Å². The van der Waals surface area contributed by atoms with Gasteiger partial charge in [-0.05, 0) is 79.9 Å². The van der Waals surface area contributed by atoms with Gasteiger partial charge in [0.15, 0.2) is 0 Å². The lowest BCUT2D eigenvalue weighted by molar-refractivity contribution is 0.594. The zero-order chi connectivity index (χ0) is 23.6. The second-order valence-corrected chi connectivity index (χ2v) is 12.0. The van der Waals surface area contributed by atoms with Crippen LogP contribution in [-0.4, -0.2) is 16.8 Å². The highest BCUT2D eigenvalue weighted by Crippen LogP contribution is 2.24. The van der Waals surface area contributed by atoms with Gasteiger partial charge in [-0.1, -0.05) is 59.7 Å². The van der Waals surface area contributed by atoms with Crippen LogP contribution >= 0.6 is 0 Å². The van der Waals surface area contributed by atoms with Crippen LogP contribution < -0.4 is 0 Å². The van der Waals surface area contributed by atoms with E-state index in [4.69, 9.17) is 0 Å². The zero-order valence-electron chi connectivity index (χ0n) is 18.4. The van der Waals surface area contributed by atoms with Gasteiger partial charge in [0.05, 0.1) is 19.6 Å². The van der Waals surface area contributed by atoms with Gasteiger partial charge in [-0.15, -0.1) is 0 Å². The van der Waals surface area contributed by atoms with Crippen LogP contribution in [0.3, 0.4) is 0 Å². The fourth-order valence-electron chi connectivity index (χ4n) is 3.52. The fraction of sp³-hybridized carbons (Fsp3) is 0.111. The van der Waals surface area contributed by atoms with Crippen LogP contribution in [0.4, 0.5) is 0 Å². The number of hydrogen-bond donors (Lipinski definition) is 0. The van der Waals surface area contributed by atoms with Crippen LogP contribution in [0.5, 0.6) is 0 Å². The monoisotopic (exact) mass is 476 g/mol. The number of hydrogen-bond acceptors (Lipinski definition) is 4. The van der Waals surface area contributed by atoms with Gasteiger partial charge >= 0.3 is 0 Å². The van der Waals surface area contributed by atoms with E-state index in [2.05, 4.69) is 0 Å². The third-order valence-corrected chi connectivity index (χ3v) is 9.11. The molecular formula is C27H24O4S2. The number of rotatable bonds is 6. The third-order valence-electron chi connectivity index (χ3n) is 5.54. The van der Waals surface area contributed by atoms with E-state index in [1.54, 1.807) is 97.1 Å². The maximum atomic E-state index is 12.8. The van der Waals surface area contributed by atoms with Crippen molar-refractivity contribution in [2.45, 2.75) is 39.9 Å². The Morgan fingerprint density at radius 1 is 0.424 bits per heavy atom. The highest BCUT2D eigenvalue weighted by molar-refractivity contribution is 7.91. The molecule has 4 nitrogen and oxygen atoms in total. The van der Waals surface area contributed by atoms with Crippen LogP contribution in [-0.2, 0) is 26.1 Å². The second kappa shape index (κ2) is 8.96. The van der Waals surface area contributed by atoms with E-state index < -0.39 is 19.7 Å².